The molecule has 3 N–H and O–H groups in total. The van der Waals surface area contributed by atoms with Gasteiger partial charge in [-0.15, -0.1) is 0 Å². The second-order valence-electron chi connectivity index (χ2n) is 3.97. The number of fused-ring (bicyclic) bond motifs is 1. The fourth-order valence-electron chi connectivity index (χ4n) is 1.76. The zero-order valence-corrected chi connectivity index (χ0v) is 11.3. The lowest BCUT2D eigenvalue weighted by atomic mass is 10.2. The Hall–Kier alpha value is -2.06. The molecule has 0 aliphatic carbocycles. The van der Waals surface area contributed by atoms with Gasteiger partial charge < -0.3 is 15.2 Å². The molecule has 106 valence electrons. The molecular formula is C11H8ClNO6S. The lowest BCUT2D eigenvalue weighted by Gasteiger charge is -2.07. The number of hydrogen-bond acceptors (Lipinski definition) is 5. The Balaban J connectivity index is 2.82. The van der Waals surface area contributed by atoms with E-state index in [9.17, 15) is 23.1 Å². The van der Waals surface area contributed by atoms with Crippen molar-refractivity contribution >= 4 is 38.3 Å². The number of nitrogens with one attached hydrogen (secondary N) is 1. The van der Waals surface area contributed by atoms with Crippen LogP contribution in [-0.4, -0.2) is 35.3 Å². The summed E-state index contributed by atoms with van der Waals surface area (Å²) in [6, 6.07) is 4.06. The third-order valence-corrected chi connectivity index (χ3v) is 4.39. The molecule has 7 nitrogen and oxygen atoms in total. The first-order valence-electron chi connectivity index (χ1n) is 5.21. The second kappa shape index (κ2) is 4.80. The quantitative estimate of drug-likeness (QED) is 0.767. The SMILES string of the molecule is O=C(O)CS(=O)(=O)c1c(O)c2ccc(Cl)cc2[nH]c1=O. The Kier molecular flexibility index (Phi) is 3.45. The number of sulfone groups is 1. The molecule has 1 aromatic heterocycles. The van der Waals surface area contributed by atoms with Gasteiger partial charge >= 0.3 is 5.97 Å². The standard InChI is InChI=1S/C11H8ClNO6S/c12-5-1-2-6-7(3-5)13-11(17)10(9(6)16)20(18,19)4-8(14)15/h1-3H,4H2,(H,14,15)(H2,13,16,17). The van der Waals surface area contributed by atoms with Crippen molar-refractivity contribution in [2.45, 2.75) is 4.90 Å². The van der Waals surface area contributed by atoms with Gasteiger partial charge in [0.1, 0.15) is 5.75 Å². The molecule has 0 fully saturated rings. The Labute approximate surface area is 117 Å². The third-order valence-electron chi connectivity index (χ3n) is 2.53. The molecule has 0 saturated heterocycles. The summed E-state index contributed by atoms with van der Waals surface area (Å²) >= 11 is 5.72. The van der Waals surface area contributed by atoms with Gasteiger partial charge in [-0.25, -0.2) is 8.42 Å². The number of aromatic amines is 1. The highest BCUT2D eigenvalue weighted by Gasteiger charge is 2.27. The van der Waals surface area contributed by atoms with Crippen molar-refractivity contribution in [3.8, 4) is 5.75 Å². The number of benzene rings is 1. The van der Waals surface area contributed by atoms with Crippen molar-refractivity contribution in [3.63, 3.8) is 0 Å². The van der Waals surface area contributed by atoms with Gasteiger partial charge in [-0.05, 0) is 18.2 Å². The first-order valence-corrected chi connectivity index (χ1v) is 7.24. The average molecular weight is 318 g/mol. The fourth-order valence-corrected chi connectivity index (χ4v) is 3.14. The zero-order valence-electron chi connectivity index (χ0n) is 9.75. The largest absolute Gasteiger partial charge is 0.506 e. The molecule has 0 aliphatic heterocycles. The van der Waals surface area contributed by atoms with Crippen LogP contribution in [0.2, 0.25) is 5.02 Å². The maximum absolute atomic E-state index is 11.8. The first kappa shape index (κ1) is 14.4. The lowest BCUT2D eigenvalue weighted by Crippen LogP contribution is -2.23. The molecule has 1 heterocycles. The summed E-state index contributed by atoms with van der Waals surface area (Å²) in [6.07, 6.45) is 0. The number of halogens is 1. The second-order valence-corrected chi connectivity index (χ2v) is 6.34. The molecular weight excluding hydrogens is 310 g/mol. The molecule has 2 aromatic rings. The fraction of sp³-hybridized carbons (Fsp3) is 0.0909. The molecule has 0 radical (unpaired) electrons. The summed E-state index contributed by atoms with van der Waals surface area (Å²) < 4.78 is 23.6. The Morgan fingerprint density at radius 3 is 2.60 bits per heavy atom. The highest BCUT2D eigenvalue weighted by molar-refractivity contribution is 7.92. The number of H-pyrrole nitrogens is 1. The van der Waals surface area contributed by atoms with Crippen molar-refractivity contribution in [1.82, 2.24) is 4.98 Å². The number of carbonyl (C=O) groups is 1. The van der Waals surface area contributed by atoms with Gasteiger partial charge in [0, 0.05) is 10.4 Å². The Morgan fingerprint density at radius 2 is 2.00 bits per heavy atom. The van der Waals surface area contributed by atoms with Gasteiger partial charge in [0.25, 0.3) is 5.56 Å². The maximum atomic E-state index is 11.8. The molecule has 0 spiro atoms. The van der Waals surface area contributed by atoms with Gasteiger partial charge in [0.15, 0.2) is 20.5 Å². The summed E-state index contributed by atoms with van der Waals surface area (Å²) in [5, 5.41) is 18.8. The predicted molar refractivity (Wildman–Crippen MR) is 70.9 cm³/mol. The molecule has 0 bridgehead atoms. The molecule has 0 aliphatic rings. The average Bonchev–Trinajstić information content (AvgIpc) is 2.25. The van der Waals surface area contributed by atoms with Crippen molar-refractivity contribution in [2.75, 3.05) is 5.75 Å². The number of aliphatic carboxylic acids is 1. The van der Waals surface area contributed by atoms with Crippen LogP contribution in [0, 0.1) is 0 Å². The monoisotopic (exact) mass is 317 g/mol. The van der Waals surface area contributed by atoms with Gasteiger partial charge in [-0.1, -0.05) is 11.6 Å². The highest BCUT2D eigenvalue weighted by atomic mass is 35.5. The maximum Gasteiger partial charge on any atom is 0.319 e. The van der Waals surface area contributed by atoms with Crippen molar-refractivity contribution < 1.29 is 23.4 Å². The van der Waals surface area contributed by atoms with E-state index in [4.69, 9.17) is 16.7 Å². The Bertz CT molecular complexity index is 870. The van der Waals surface area contributed by atoms with Crippen LogP contribution < -0.4 is 5.56 Å². The summed E-state index contributed by atoms with van der Waals surface area (Å²) in [7, 11) is -4.45. The van der Waals surface area contributed by atoms with E-state index in [0.717, 1.165) is 0 Å². The van der Waals surface area contributed by atoms with Gasteiger partial charge in [0.2, 0.25) is 0 Å². The van der Waals surface area contributed by atoms with E-state index in [-0.39, 0.29) is 15.9 Å². The van der Waals surface area contributed by atoms with Crippen LogP contribution in [0.4, 0.5) is 0 Å². The third kappa shape index (κ3) is 2.47. The molecule has 0 unspecified atom stereocenters. The summed E-state index contributed by atoms with van der Waals surface area (Å²) in [5.41, 5.74) is -0.951. The normalized spacial score (nSPS) is 11.7. The van der Waals surface area contributed by atoms with Crippen LogP contribution in [0.1, 0.15) is 0 Å². The molecule has 2 rings (SSSR count). The molecule has 0 saturated carbocycles. The molecule has 1 aromatic carbocycles. The number of carboxylic acids is 1. The number of hydrogen-bond donors (Lipinski definition) is 3. The minimum atomic E-state index is -4.45. The van der Waals surface area contributed by atoms with Crippen LogP contribution in [0.15, 0.2) is 27.9 Å². The van der Waals surface area contributed by atoms with Crippen LogP contribution >= 0.6 is 11.6 Å². The minimum absolute atomic E-state index is 0.0537. The zero-order chi connectivity index (χ0) is 15.1. The predicted octanol–water partition coefficient (Wildman–Crippen LogP) is 0.745. The van der Waals surface area contributed by atoms with E-state index < -0.39 is 37.8 Å². The van der Waals surface area contributed by atoms with Crippen LogP contribution in [0.3, 0.4) is 0 Å². The molecule has 0 atom stereocenters. The molecule has 0 amide bonds. The van der Waals surface area contributed by atoms with E-state index in [1.54, 1.807) is 0 Å². The number of aromatic nitrogens is 1. The summed E-state index contributed by atoms with van der Waals surface area (Å²) in [6.45, 7) is 0. The van der Waals surface area contributed by atoms with Gasteiger partial charge in [-0.2, -0.15) is 0 Å². The Morgan fingerprint density at radius 1 is 1.35 bits per heavy atom. The number of carboxylic acid groups (broad SMARTS) is 1. The van der Waals surface area contributed by atoms with Crippen molar-refractivity contribution in [3.05, 3.63) is 33.6 Å². The number of pyridine rings is 1. The van der Waals surface area contributed by atoms with E-state index in [1.165, 1.54) is 18.2 Å². The summed E-state index contributed by atoms with van der Waals surface area (Å²) in [5.74, 6) is -3.70. The van der Waals surface area contributed by atoms with Crippen molar-refractivity contribution in [2.24, 2.45) is 0 Å². The van der Waals surface area contributed by atoms with Gasteiger partial charge in [0.05, 0.1) is 5.52 Å². The van der Waals surface area contributed by atoms with E-state index in [2.05, 4.69) is 4.98 Å². The summed E-state index contributed by atoms with van der Waals surface area (Å²) in [4.78, 5) is 23.6. The number of aromatic hydroxyl groups is 1. The van der Waals surface area contributed by atoms with E-state index >= 15 is 0 Å². The van der Waals surface area contributed by atoms with Crippen LogP contribution in [0.25, 0.3) is 10.9 Å². The van der Waals surface area contributed by atoms with Gasteiger partial charge in [-0.3, -0.25) is 9.59 Å². The highest BCUT2D eigenvalue weighted by Crippen LogP contribution is 2.29. The van der Waals surface area contributed by atoms with Crippen molar-refractivity contribution in [1.29, 1.82) is 0 Å². The van der Waals surface area contributed by atoms with E-state index in [1.807, 2.05) is 0 Å². The topological polar surface area (TPSA) is 125 Å². The lowest BCUT2D eigenvalue weighted by molar-refractivity contribution is -0.134. The van der Waals surface area contributed by atoms with Crippen LogP contribution in [0.5, 0.6) is 5.75 Å². The van der Waals surface area contributed by atoms with Crippen LogP contribution in [-0.2, 0) is 14.6 Å². The smallest absolute Gasteiger partial charge is 0.319 e. The molecule has 20 heavy (non-hydrogen) atoms. The first-order chi connectivity index (χ1) is 9.22. The molecule has 9 heteroatoms. The number of rotatable bonds is 3. The minimum Gasteiger partial charge on any atom is -0.506 e. The van der Waals surface area contributed by atoms with E-state index in [0.29, 0.717) is 0 Å².